The lowest BCUT2D eigenvalue weighted by Crippen LogP contribution is -2.22. The van der Waals surface area contributed by atoms with Crippen LogP contribution in [0.15, 0.2) is 327 Å². The fraction of sp³-hybridized carbons (Fsp3) is 0.0543. The molecule has 3 N–H and O–H groups in total. The van der Waals surface area contributed by atoms with Crippen LogP contribution in [0, 0.1) is 0 Å². The van der Waals surface area contributed by atoms with E-state index in [2.05, 4.69) is 30.2 Å². The lowest BCUT2D eigenvalue weighted by Gasteiger charge is -2.14. The Morgan fingerprint density at radius 1 is 0.350 bits per heavy atom. The first-order valence-electron chi connectivity index (χ1n) is 37.9. The number of para-hydroxylation sites is 3. The van der Waals surface area contributed by atoms with Gasteiger partial charge in [0.05, 0.1) is 58.3 Å². The molecular formula is C92H66Cl4N20O4S3. The van der Waals surface area contributed by atoms with Gasteiger partial charge in [-0.2, -0.15) is 15.3 Å². The van der Waals surface area contributed by atoms with Crippen LogP contribution in [0.2, 0.25) is 20.4 Å². The highest BCUT2D eigenvalue weighted by molar-refractivity contribution is 7.99. The summed E-state index contributed by atoms with van der Waals surface area (Å²) in [7, 11) is 1.65. The van der Waals surface area contributed by atoms with Crippen molar-refractivity contribution in [2.75, 3.05) is 36.9 Å². The lowest BCUT2D eigenvalue weighted by molar-refractivity contribution is 0.414. The van der Waals surface area contributed by atoms with Crippen LogP contribution in [0.3, 0.4) is 0 Å². The van der Waals surface area contributed by atoms with E-state index in [0.29, 0.717) is 122 Å². The Hall–Kier alpha value is -13.9. The number of halogens is 4. The van der Waals surface area contributed by atoms with E-state index < -0.39 is 0 Å². The summed E-state index contributed by atoms with van der Waals surface area (Å²) in [6, 6.07) is 86.8. The molecule has 9 heterocycles. The smallest absolute Gasteiger partial charge is 0.270 e. The van der Waals surface area contributed by atoms with E-state index in [-0.39, 0.29) is 27.9 Å². The first-order valence-corrected chi connectivity index (χ1v) is 43.1. The third-order valence-corrected chi connectivity index (χ3v) is 22.7. The Labute approximate surface area is 734 Å². The van der Waals surface area contributed by atoms with Crippen molar-refractivity contribution in [3.05, 3.63) is 355 Å². The van der Waals surface area contributed by atoms with Crippen molar-refractivity contribution in [1.82, 2.24) is 87.9 Å². The zero-order valence-electron chi connectivity index (χ0n) is 65.5. The third kappa shape index (κ3) is 17.1. The molecule has 0 unspecified atom stereocenters. The molecule has 19 rings (SSSR count). The number of nitrogens with one attached hydrogen (secondary N) is 1. The minimum Gasteiger partial charge on any atom is -0.497 e. The predicted molar refractivity (Wildman–Crippen MR) is 493 cm³/mol. The molecule has 0 fully saturated rings. The van der Waals surface area contributed by atoms with Gasteiger partial charge in [0, 0.05) is 73.6 Å². The first kappa shape index (κ1) is 81.5. The number of benzene rings is 10. The van der Waals surface area contributed by atoms with Gasteiger partial charge in [0.15, 0.2) is 16.9 Å². The molecule has 0 saturated carbocycles. The Bertz CT molecular complexity index is 7010. The van der Waals surface area contributed by atoms with E-state index in [1.165, 1.54) is 35.3 Å². The van der Waals surface area contributed by atoms with Crippen LogP contribution in [-0.4, -0.2) is 114 Å². The second kappa shape index (κ2) is 36.2. The maximum atomic E-state index is 14.3. The van der Waals surface area contributed by atoms with Crippen LogP contribution in [0.5, 0.6) is 5.75 Å². The SMILES string of the molecule is COc1ccc(CNc2nccc(-c3ccc(-c4nc5c(c(SC)nn5-c5ccccc5)c(=O)n4-c4ccc(Cl)cc4)cc3)n2)cc1.CSc1nn(-c2ccccc2)c2nc(-c3ccc(-c4ccnc(Cl)n4)cc3)n(-c3ccc(Cl)cc3)c(=O)c12.CSc1nn(-c2ccccc2)c2nc(-c3ccc(-c4ccnc(N)n4)cc3)n(-c3ccc(Cl)cc3)c(=O)c12. The number of rotatable bonds is 19. The van der Waals surface area contributed by atoms with Crippen molar-refractivity contribution in [3.63, 3.8) is 0 Å². The van der Waals surface area contributed by atoms with E-state index in [1.807, 2.05) is 225 Å². The number of fused-ring (bicyclic) bond motifs is 3. The van der Waals surface area contributed by atoms with Gasteiger partial charge in [-0.25, -0.2) is 58.9 Å². The van der Waals surface area contributed by atoms with Crippen molar-refractivity contribution in [2.24, 2.45) is 0 Å². The molecule has 0 bridgehead atoms. The van der Waals surface area contributed by atoms with Crippen molar-refractivity contribution in [1.29, 1.82) is 0 Å². The molecule has 19 aromatic rings. The molecule has 0 radical (unpaired) electrons. The van der Waals surface area contributed by atoms with Crippen molar-refractivity contribution in [2.45, 2.75) is 21.6 Å². The number of hydrogen-bond donors (Lipinski definition) is 2. The van der Waals surface area contributed by atoms with E-state index in [0.717, 1.165) is 67.4 Å². The fourth-order valence-corrected chi connectivity index (χ4v) is 16.0. The van der Waals surface area contributed by atoms with Gasteiger partial charge < -0.3 is 15.8 Å². The number of thioether (sulfide) groups is 3. The van der Waals surface area contributed by atoms with E-state index in [1.54, 1.807) is 126 Å². The zero-order valence-corrected chi connectivity index (χ0v) is 71.0. The largest absolute Gasteiger partial charge is 0.497 e. The first-order chi connectivity index (χ1) is 60.1. The number of methoxy groups -OCH3 is 1. The summed E-state index contributed by atoms with van der Waals surface area (Å²) in [4.78, 5) is 83.5. The van der Waals surface area contributed by atoms with Gasteiger partial charge in [0.1, 0.15) is 54.5 Å². The fourth-order valence-electron chi connectivity index (χ4n) is 13.8. The highest BCUT2D eigenvalue weighted by Gasteiger charge is 2.27. The van der Waals surface area contributed by atoms with Crippen LogP contribution < -0.4 is 32.5 Å². The summed E-state index contributed by atoms with van der Waals surface area (Å²) < 4.78 is 15.2. The number of nitrogens with two attached hydrogens (primary N) is 1. The molecule has 24 nitrogen and oxygen atoms in total. The molecule has 604 valence electrons. The molecule has 0 amide bonds. The molecule has 10 aromatic carbocycles. The molecule has 0 aliphatic rings. The predicted octanol–water partition coefficient (Wildman–Crippen LogP) is 20.1. The summed E-state index contributed by atoms with van der Waals surface area (Å²) in [6.07, 6.45) is 10.7. The van der Waals surface area contributed by atoms with Gasteiger partial charge in [-0.15, -0.1) is 35.3 Å². The molecular weight excluding hydrogens is 1690 g/mol. The molecule has 123 heavy (non-hydrogen) atoms. The number of hydrogen-bond acceptors (Lipinski definition) is 21. The maximum absolute atomic E-state index is 14.3. The minimum atomic E-state index is -0.217. The van der Waals surface area contributed by atoms with E-state index in [4.69, 9.17) is 92.1 Å². The second-order valence-electron chi connectivity index (χ2n) is 27.2. The van der Waals surface area contributed by atoms with Crippen molar-refractivity contribution >= 4 is 127 Å². The van der Waals surface area contributed by atoms with Crippen LogP contribution in [0.25, 0.3) is 135 Å². The number of aromatic nitrogens is 18. The number of nitrogen functional groups attached to an aromatic ring is 1. The second-order valence-corrected chi connectivity index (χ2v) is 31.3. The quantitative estimate of drug-likeness (QED) is 0.0562. The number of anilines is 2. The lowest BCUT2D eigenvalue weighted by atomic mass is 10.1. The molecule has 31 heteroatoms. The van der Waals surface area contributed by atoms with Crippen molar-refractivity contribution < 1.29 is 4.74 Å². The Morgan fingerprint density at radius 3 is 1.01 bits per heavy atom. The average Bonchev–Trinajstić information content (AvgIpc) is 1.61. The van der Waals surface area contributed by atoms with Crippen molar-refractivity contribution in [3.8, 4) is 108 Å². The summed E-state index contributed by atoms with van der Waals surface area (Å²) in [5.41, 5.74) is 19.1. The molecule has 0 atom stereocenters. The molecule has 0 aliphatic heterocycles. The minimum absolute atomic E-state index is 0.175. The van der Waals surface area contributed by atoms with Crippen LogP contribution in [0.4, 0.5) is 11.9 Å². The standard InChI is InChI=1S/C36H28ClN7O2S.C28H18Cl2N6OS.C28H20ClN7OS/c1-46-29-18-8-23(9-19-29)22-39-36-38-21-20-30(40-36)24-10-12-25(13-11-24)32-41-33-31(35(45)43(32)27-16-14-26(37)15-17-27)34(47-2)42-44(33)28-6-4-3-5-7-28;2*1-38-26-23-25(36(34-26)21-5-3-2-4-6-21)33-24(35(27(23)37)20-13-11-19(29)12-14-20)18-9-7-17(8-10-18)22-15-16-31-28(30)32-22/h3-21H,22H2,1-2H3,(H,38,39,40);2-16H,1H3;2-16H,1H3,(H2,30,31,32). The highest BCUT2D eigenvalue weighted by Crippen LogP contribution is 2.36. The summed E-state index contributed by atoms with van der Waals surface area (Å²) in [6.45, 7) is 0.570. The Morgan fingerprint density at radius 2 is 0.675 bits per heavy atom. The number of ether oxygens (including phenoxy) is 1. The monoisotopic (exact) mass is 1750 g/mol. The maximum Gasteiger partial charge on any atom is 0.270 e. The molecule has 9 aromatic heterocycles. The summed E-state index contributed by atoms with van der Waals surface area (Å²) in [5.74, 6) is 2.96. The Balaban J connectivity index is 0.000000132. The average molecular weight is 1750 g/mol. The van der Waals surface area contributed by atoms with Gasteiger partial charge in [-0.1, -0.05) is 174 Å². The molecule has 0 aliphatic carbocycles. The van der Waals surface area contributed by atoms with Gasteiger partial charge in [0.25, 0.3) is 16.7 Å². The molecule has 0 spiro atoms. The summed E-state index contributed by atoms with van der Waals surface area (Å²) >= 11 is 28.7. The summed E-state index contributed by atoms with van der Waals surface area (Å²) in [5, 5.41) is 22.6. The molecule has 0 saturated heterocycles. The van der Waals surface area contributed by atoms with E-state index >= 15 is 0 Å². The van der Waals surface area contributed by atoms with Gasteiger partial charge >= 0.3 is 0 Å². The van der Waals surface area contributed by atoms with Crippen LogP contribution in [-0.2, 0) is 6.54 Å². The van der Waals surface area contributed by atoms with Crippen LogP contribution >= 0.6 is 81.7 Å². The Kier molecular flexibility index (Phi) is 24.0. The van der Waals surface area contributed by atoms with Gasteiger partial charge in [-0.05, 0) is 175 Å². The van der Waals surface area contributed by atoms with Gasteiger partial charge in [-0.3, -0.25) is 28.1 Å². The topological polar surface area (TPSA) is 283 Å². The van der Waals surface area contributed by atoms with Crippen LogP contribution in [0.1, 0.15) is 5.56 Å². The normalized spacial score (nSPS) is 11.2. The van der Waals surface area contributed by atoms with E-state index in [9.17, 15) is 14.4 Å². The third-order valence-electron chi connectivity index (χ3n) is 19.7. The highest BCUT2D eigenvalue weighted by atomic mass is 35.5. The zero-order chi connectivity index (χ0) is 84.8. The number of nitrogens with zero attached hydrogens (tertiary/aromatic N) is 18. The van der Waals surface area contributed by atoms with Gasteiger partial charge in [0.2, 0.25) is 17.2 Å².